The van der Waals surface area contributed by atoms with Crippen molar-refractivity contribution in [3.05, 3.63) is 0 Å². The normalized spacial score (nSPS) is 47.4. The fourth-order valence-electron chi connectivity index (χ4n) is 3.54. The zero-order chi connectivity index (χ0) is 11.0. The topological polar surface area (TPSA) is 24.5 Å². The summed E-state index contributed by atoms with van der Waals surface area (Å²) >= 11 is 0. The van der Waals surface area contributed by atoms with Crippen LogP contribution in [0.5, 0.6) is 0 Å². The number of hydrogen-bond acceptors (Lipinski definition) is 3. The zero-order valence-electron chi connectivity index (χ0n) is 10.4. The second-order valence-electron chi connectivity index (χ2n) is 6.03. The van der Waals surface area contributed by atoms with Crippen LogP contribution in [0, 0.1) is 5.92 Å². The third-order valence-corrected chi connectivity index (χ3v) is 4.67. The molecule has 3 aliphatic heterocycles. The lowest BCUT2D eigenvalue weighted by Crippen LogP contribution is -2.48. The molecule has 3 heteroatoms. The van der Waals surface area contributed by atoms with Crippen LogP contribution in [-0.4, -0.2) is 49.3 Å². The molecule has 0 aromatic rings. The molecule has 92 valence electrons. The van der Waals surface area contributed by atoms with Crippen LogP contribution in [-0.2, 0) is 4.74 Å². The zero-order valence-corrected chi connectivity index (χ0v) is 10.4. The molecule has 0 aromatic carbocycles. The van der Waals surface area contributed by atoms with E-state index in [1.807, 2.05) is 0 Å². The second-order valence-corrected chi connectivity index (χ2v) is 6.03. The van der Waals surface area contributed by atoms with Gasteiger partial charge >= 0.3 is 0 Å². The number of nitrogens with one attached hydrogen (secondary N) is 1. The molecular formula is C13H24N2O. The predicted molar refractivity (Wildman–Crippen MR) is 64.5 cm³/mol. The first kappa shape index (κ1) is 11.0. The Hall–Kier alpha value is -0.120. The molecule has 4 atom stereocenters. The van der Waals surface area contributed by atoms with Crippen molar-refractivity contribution in [1.82, 2.24) is 10.2 Å². The van der Waals surface area contributed by atoms with Crippen molar-refractivity contribution in [1.29, 1.82) is 0 Å². The van der Waals surface area contributed by atoms with Gasteiger partial charge in [0, 0.05) is 25.7 Å². The molecule has 3 rings (SSSR count). The molecule has 2 bridgehead atoms. The Morgan fingerprint density at radius 2 is 2.25 bits per heavy atom. The van der Waals surface area contributed by atoms with Crippen molar-refractivity contribution in [2.45, 2.75) is 44.2 Å². The van der Waals surface area contributed by atoms with Crippen LogP contribution >= 0.6 is 0 Å². The summed E-state index contributed by atoms with van der Waals surface area (Å²) in [4.78, 5) is 2.61. The van der Waals surface area contributed by atoms with Crippen LogP contribution in [0.15, 0.2) is 0 Å². The van der Waals surface area contributed by atoms with Gasteiger partial charge in [-0.1, -0.05) is 0 Å². The van der Waals surface area contributed by atoms with Crippen molar-refractivity contribution in [2.24, 2.45) is 5.92 Å². The smallest absolute Gasteiger partial charge is 0.0779 e. The van der Waals surface area contributed by atoms with Crippen molar-refractivity contribution >= 4 is 0 Å². The monoisotopic (exact) mass is 224 g/mol. The fraction of sp³-hybridized carbons (Fsp3) is 1.00. The first-order valence-corrected chi connectivity index (χ1v) is 6.85. The quantitative estimate of drug-likeness (QED) is 0.780. The summed E-state index contributed by atoms with van der Waals surface area (Å²) in [6.45, 7) is 8.22. The molecule has 3 aliphatic rings. The number of rotatable bonds is 3. The largest absolute Gasteiger partial charge is 0.374 e. The summed E-state index contributed by atoms with van der Waals surface area (Å²) in [7, 11) is 0. The van der Waals surface area contributed by atoms with E-state index in [1.165, 1.54) is 45.3 Å². The van der Waals surface area contributed by atoms with Crippen molar-refractivity contribution in [2.75, 3.05) is 32.8 Å². The highest BCUT2D eigenvalue weighted by molar-refractivity contribution is 4.93. The van der Waals surface area contributed by atoms with Gasteiger partial charge in [0.25, 0.3) is 0 Å². The Balaban J connectivity index is 1.51. The molecule has 0 amide bonds. The Morgan fingerprint density at radius 3 is 3.06 bits per heavy atom. The van der Waals surface area contributed by atoms with Crippen LogP contribution in [0.2, 0.25) is 0 Å². The van der Waals surface area contributed by atoms with Gasteiger partial charge in [0.15, 0.2) is 0 Å². The molecule has 3 fully saturated rings. The summed E-state index contributed by atoms with van der Waals surface area (Å²) in [5.74, 6) is 0.902. The SMILES string of the molecule is CC1(CNC2CCN3CCC2C3)CCCO1. The maximum atomic E-state index is 5.84. The van der Waals surface area contributed by atoms with Gasteiger partial charge in [0.2, 0.25) is 0 Å². The summed E-state index contributed by atoms with van der Waals surface area (Å²) in [6, 6.07) is 0.750. The van der Waals surface area contributed by atoms with Crippen LogP contribution in [0.25, 0.3) is 0 Å². The molecule has 4 unspecified atom stereocenters. The van der Waals surface area contributed by atoms with Gasteiger partial charge in [-0.25, -0.2) is 0 Å². The molecule has 16 heavy (non-hydrogen) atoms. The van der Waals surface area contributed by atoms with Crippen LogP contribution in [0.1, 0.15) is 32.6 Å². The highest BCUT2D eigenvalue weighted by Crippen LogP contribution is 2.29. The van der Waals surface area contributed by atoms with Crippen LogP contribution in [0.4, 0.5) is 0 Å². The lowest BCUT2D eigenvalue weighted by molar-refractivity contribution is 0.0158. The number of fused-ring (bicyclic) bond motifs is 2. The van der Waals surface area contributed by atoms with Crippen LogP contribution < -0.4 is 5.32 Å². The first-order valence-electron chi connectivity index (χ1n) is 6.85. The standard InChI is InChI=1S/C13H24N2O/c1-13(5-2-8-16-13)10-14-12-4-7-15-6-3-11(12)9-15/h11-12,14H,2-10H2,1H3. The van der Waals surface area contributed by atoms with Crippen molar-refractivity contribution in [3.8, 4) is 0 Å². The minimum Gasteiger partial charge on any atom is -0.374 e. The predicted octanol–water partition coefficient (Wildman–Crippen LogP) is 1.24. The van der Waals surface area contributed by atoms with Gasteiger partial charge < -0.3 is 15.0 Å². The van der Waals surface area contributed by atoms with Gasteiger partial charge in [-0.3, -0.25) is 0 Å². The van der Waals surface area contributed by atoms with Gasteiger partial charge in [0.05, 0.1) is 5.60 Å². The number of hydrogen-bond donors (Lipinski definition) is 1. The maximum absolute atomic E-state index is 5.84. The Morgan fingerprint density at radius 1 is 1.38 bits per heavy atom. The minimum absolute atomic E-state index is 0.121. The van der Waals surface area contributed by atoms with E-state index in [1.54, 1.807) is 0 Å². The molecule has 0 spiro atoms. The van der Waals surface area contributed by atoms with E-state index < -0.39 is 0 Å². The number of piperidine rings is 1. The lowest BCUT2D eigenvalue weighted by Gasteiger charge is -2.34. The average Bonchev–Trinajstić information content (AvgIpc) is 2.87. The van der Waals surface area contributed by atoms with E-state index in [0.717, 1.165) is 25.1 Å². The summed E-state index contributed by atoms with van der Waals surface area (Å²) in [6.07, 6.45) is 5.19. The van der Waals surface area contributed by atoms with Gasteiger partial charge in [-0.2, -0.15) is 0 Å². The number of ether oxygens (including phenoxy) is 1. The fourth-order valence-corrected chi connectivity index (χ4v) is 3.54. The second kappa shape index (κ2) is 4.28. The summed E-state index contributed by atoms with van der Waals surface area (Å²) in [5.41, 5.74) is 0.121. The molecule has 3 saturated heterocycles. The van der Waals surface area contributed by atoms with E-state index in [-0.39, 0.29) is 5.60 Å². The molecule has 0 saturated carbocycles. The van der Waals surface area contributed by atoms with Crippen molar-refractivity contribution in [3.63, 3.8) is 0 Å². The summed E-state index contributed by atoms with van der Waals surface area (Å²) in [5, 5.41) is 3.78. The molecule has 3 nitrogen and oxygen atoms in total. The van der Waals surface area contributed by atoms with E-state index in [9.17, 15) is 0 Å². The molecule has 3 heterocycles. The highest BCUT2D eigenvalue weighted by atomic mass is 16.5. The highest BCUT2D eigenvalue weighted by Gasteiger charge is 2.36. The molecule has 0 aromatic heterocycles. The average molecular weight is 224 g/mol. The van der Waals surface area contributed by atoms with Gasteiger partial charge in [-0.05, 0) is 51.6 Å². The van der Waals surface area contributed by atoms with E-state index in [4.69, 9.17) is 4.74 Å². The van der Waals surface area contributed by atoms with E-state index >= 15 is 0 Å². The van der Waals surface area contributed by atoms with Gasteiger partial charge in [0.1, 0.15) is 0 Å². The Bertz CT molecular complexity index is 250. The van der Waals surface area contributed by atoms with E-state index in [0.29, 0.717) is 0 Å². The third kappa shape index (κ3) is 2.13. The lowest BCUT2D eigenvalue weighted by atomic mass is 9.93. The Labute approximate surface area is 98.5 Å². The Kier molecular flexibility index (Phi) is 2.94. The maximum Gasteiger partial charge on any atom is 0.0779 e. The first-order chi connectivity index (χ1) is 7.75. The number of nitrogens with zero attached hydrogens (tertiary/aromatic N) is 1. The van der Waals surface area contributed by atoms with E-state index in [2.05, 4.69) is 17.1 Å². The molecule has 0 radical (unpaired) electrons. The molecule has 0 aliphatic carbocycles. The van der Waals surface area contributed by atoms with Crippen molar-refractivity contribution < 1.29 is 4.74 Å². The van der Waals surface area contributed by atoms with Crippen LogP contribution in [0.3, 0.4) is 0 Å². The molecular weight excluding hydrogens is 200 g/mol. The van der Waals surface area contributed by atoms with Gasteiger partial charge in [-0.15, -0.1) is 0 Å². The summed E-state index contributed by atoms with van der Waals surface area (Å²) < 4.78 is 5.84. The molecule has 1 N–H and O–H groups in total. The third-order valence-electron chi connectivity index (χ3n) is 4.67. The minimum atomic E-state index is 0.121.